The van der Waals surface area contributed by atoms with Crippen LogP contribution in [0.1, 0.15) is 57.9 Å². The normalized spacial score (nSPS) is 11.6. The van der Waals surface area contributed by atoms with E-state index in [1.807, 2.05) is 24.3 Å². The lowest BCUT2D eigenvalue weighted by Crippen LogP contribution is -2.37. The largest absolute Gasteiger partial charge is 0.492 e. The number of aliphatic carboxylic acids is 1. The van der Waals surface area contributed by atoms with Crippen LogP contribution in [0.4, 0.5) is 4.79 Å². The fraction of sp³-hybridized carbons (Fsp3) is 0.500. The smallest absolute Gasteiger partial charge is 0.415 e. The first-order chi connectivity index (χ1) is 17.4. The maximum atomic E-state index is 12.8. The lowest BCUT2D eigenvalue weighted by atomic mass is 10.1. The third-order valence-electron chi connectivity index (χ3n) is 5.68. The summed E-state index contributed by atoms with van der Waals surface area (Å²) in [5.41, 5.74) is 0.853. The number of carboxylic acids is 1. The minimum Gasteiger partial charge on any atom is -0.492 e. The molecule has 0 saturated carbocycles. The van der Waals surface area contributed by atoms with Crippen LogP contribution < -0.4 is 9.47 Å². The SMILES string of the molecule is CCCCCCCCN(CCOc1ccc(CC(OCC)C(=O)O)cc1)C(=O)Oc1ccc(Br)cc1. The average molecular weight is 565 g/mol. The van der Waals surface area contributed by atoms with E-state index in [1.165, 1.54) is 19.3 Å². The Labute approximate surface area is 222 Å². The van der Waals surface area contributed by atoms with E-state index in [4.69, 9.17) is 14.2 Å². The summed E-state index contributed by atoms with van der Waals surface area (Å²) in [7, 11) is 0. The monoisotopic (exact) mass is 563 g/mol. The molecule has 0 spiro atoms. The van der Waals surface area contributed by atoms with Gasteiger partial charge in [-0.05, 0) is 55.3 Å². The van der Waals surface area contributed by atoms with Crippen molar-refractivity contribution in [2.24, 2.45) is 0 Å². The zero-order valence-corrected chi connectivity index (χ0v) is 22.9. The van der Waals surface area contributed by atoms with Crippen LogP contribution in [0, 0.1) is 0 Å². The molecule has 0 aliphatic carbocycles. The Morgan fingerprint density at radius 1 is 0.889 bits per heavy atom. The van der Waals surface area contributed by atoms with Crippen LogP contribution in [0.2, 0.25) is 0 Å². The Bertz CT molecular complexity index is 903. The predicted octanol–water partition coefficient (Wildman–Crippen LogP) is 6.72. The van der Waals surface area contributed by atoms with Gasteiger partial charge in [0.1, 0.15) is 18.1 Å². The van der Waals surface area contributed by atoms with Gasteiger partial charge in [-0.3, -0.25) is 0 Å². The second kappa shape index (κ2) is 17.0. The van der Waals surface area contributed by atoms with Gasteiger partial charge in [0, 0.05) is 24.0 Å². The van der Waals surface area contributed by atoms with Crippen LogP contribution in [0.3, 0.4) is 0 Å². The zero-order chi connectivity index (χ0) is 26.2. The van der Waals surface area contributed by atoms with Crippen LogP contribution >= 0.6 is 15.9 Å². The van der Waals surface area contributed by atoms with E-state index < -0.39 is 12.1 Å². The van der Waals surface area contributed by atoms with Crippen molar-refractivity contribution < 1.29 is 28.9 Å². The molecule has 0 fully saturated rings. The van der Waals surface area contributed by atoms with Gasteiger partial charge >= 0.3 is 12.1 Å². The van der Waals surface area contributed by atoms with Gasteiger partial charge < -0.3 is 24.2 Å². The highest BCUT2D eigenvalue weighted by molar-refractivity contribution is 9.10. The molecule has 1 atom stereocenters. The maximum absolute atomic E-state index is 12.8. The Hall–Kier alpha value is -2.58. The van der Waals surface area contributed by atoms with Gasteiger partial charge in [0.05, 0.1) is 6.54 Å². The molecule has 7 nitrogen and oxygen atoms in total. The lowest BCUT2D eigenvalue weighted by Gasteiger charge is -2.22. The van der Waals surface area contributed by atoms with Crippen LogP contribution in [0.25, 0.3) is 0 Å². The number of carboxylic acid groups (broad SMARTS) is 1. The Morgan fingerprint density at radius 2 is 1.53 bits per heavy atom. The minimum atomic E-state index is -0.974. The van der Waals surface area contributed by atoms with E-state index >= 15 is 0 Å². The van der Waals surface area contributed by atoms with Crippen molar-refractivity contribution in [2.75, 3.05) is 26.3 Å². The van der Waals surface area contributed by atoms with Gasteiger partial charge in [0.2, 0.25) is 0 Å². The van der Waals surface area contributed by atoms with Gasteiger partial charge in [-0.1, -0.05) is 67.1 Å². The van der Waals surface area contributed by atoms with E-state index in [0.29, 0.717) is 37.8 Å². The van der Waals surface area contributed by atoms with Crippen LogP contribution in [-0.2, 0) is 16.0 Å². The van der Waals surface area contributed by atoms with Crippen molar-refractivity contribution in [2.45, 2.75) is 64.9 Å². The number of benzene rings is 2. The molecule has 2 aromatic rings. The number of hydrogen-bond donors (Lipinski definition) is 1. The molecule has 0 radical (unpaired) electrons. The number of hydrogen-bond acceptors (Lipinski definition) is 5. The van der Waals surface area contributed by atoms with Gasteiger partial charge in [-0.15, -0.1) is 0 Å². The molecule has 0 aromatic heterocycles. The third-order valence-corrected chi connectivity index (χ3v) is 6.20. The molecule has 8 heteroatoms. The second-order valence-corrected chi connectivity index (χ2v) is 9.47. The predicted molar refractivity (Wildman–Crippen MR) is 144 cm³/mol. The van der Waals surface area contributed by atoms with E-state index in [-0.39, 0.29) is 12.5 Å². The van der Waals surface area contributed by atoms with Crippen molar-refractivity contribution in [1.82, 2.24) is 4.90 Å². The van der Waals surface area contributed by atoms with Crippen LogP contribution in [-0.4, -0.2) is 54.5 Å². The van der Waals surface area contributed by atoms with E-state index in [0.717, 1.165) is 29.3 Å². The van der Waals surface area contributed by atoms with Gasteiger partial charge in [-0.25, -0.2) is 9.59 Å². The maximum Gasteiger partial charge on any atom is 0.415 e. The number of halogens is 1. The molecule has 0 bridgehead atoms. The molecule has 0 aliphatic heterocycles. The molecule has 1 N–H and O–H groups in total. The number of rotatable bonds is 17. The fourth-order valence-electron chi connectivity index (χ4n) is 3.67. The highest BCUT2D eigenvalue weighted by Crippen LogP contribution is 2.18. The summed E-state index contributed by atoms with van der Waals surface area (Å²) in [6, 6.07) is 14.4. The van der Waals surface area contributed by atoms with Crippen molar-refractivity contribution in [3.63, 3.8) is 0 Å². The first-order valence-electron chi connectivity index (χ1n) is 12.7. The van der Waals surface area contributed by atoms with Crippen molar-refractivity contribution >= 4 is 28.0 Å². The van der Waals surface area contributed by atoms with Crippen molar-refractivity contribution in [1.29, 1.82) is 0 Å². The minimum absolute atomic E-state index is 0.289. The first kappa shape index (κ1) is 29.6. The molecule has 0 saturated heterocycles. The summed E-state index contributed by atoms with van der Waals surface area (Å²) in [5, 5.41) is 9.26. The summed E-state index contributed by atoms with van der Waals surface area (Å²) < 4.78 is 17.6. The fourth-order valence-corrected chi connectivity index (χ4v) is 3.94. The Kier molecular flexibility index (Phi) is 14.0. The van der Waals surface area contributed by atoms with Gasteiger partial charge in [0.25, 0.3) is 0 Å². The summed E-state index contributed by atoms with van der Waals surface area (Å²) in [6.45, 7) is 5.65. The van der Waals surface area contributed by atoms with E-state index in [1.54, 1.807) is 36.1 Å². The molecule has 36 heavy (non-hydrogen) atoms. The molecule has 1 unspecified atom stereocenters. The topological polar surface area (TPSA) is 85.3 Å². The number of unbranched alkanes of at least 4 members (excludes halogenated alkanes) is 5. The van der Waals surface area contributed by atoms with Gasteiger partial charge in [0.15, 0.2) is 6.10 Å². The second-order valence-electron chi connectivity index (χ2n) is 8.56. The summed E-state index contributed by atoms with van der Waals surface area (Å²) in [5.74, 6) is 0.180. The van der Waals surface area contributed by atoms with Crippen molar-refractivity contribution in [3.05, 3.63) is 58.6 Å². The molecule has 198 valence electrons. The first-order valence-corrected chi connectivity index (χ1v) is 13.5. The number of amides is 1. The molecule has 0 heterocycles. The third kappa shape index (κ3) is 11.4. The summed E-state index contributed by atoms with van der Waals surface area (Å²) >= 11 is 3.39. The van der Waals surface area contributed by atoms with E-state index in [9.17, 15) is 14.7 Å². The molecular formula is C28H38BrNO6. The standard InChI is InChI=1S/C28H38BrNO6/c1-3-5-6-7-8-9-18-30(28(33)36-25-16-12-23(29)13-17-25)19-20-35-24-14-10-22(11-15-24)21-26(27(31)32)34-4-2/h10-17,26H,3-9,18-21H2,1-2H3,(H,31,32). The van der Waals surface area contributed by atoms with E-state index in [2.05, 4.69) is 22.9 Å². The molecule has 0 aliphatic rings. The number of carbonyl (C=O) groups excluding carboxylic acids is 1. The highest BCUT2D eigenvalue weighted by atomic mass is 79.9. The molecular weight excluding hydrogens is 526 g/mol. The number of ether oxygens (including phenoxy) is 3. The zero-order valence-electron chi connectivity index (χ0n) is 21.3. The quantitative estimate of drug-likeness (QED) is 0.215. The van der Waals surface area contributed by atoms with Gasteiger partial charge in [-0.2, -0.15) is 0 Å². The highest BCUT2D eigenvalue weighted by Gasteiger charge is 2.18. The Balaban J connectivity index is 1.88. The average Bonchev–Trinajstić information content (AvgIpc) is 2.87. The van der Waals surface area contributed by atoms with Crippen LogP contribution in [0.15, 0.2) is 53.0 Å². The Morgan fingerprint density at radius 3 is 2.17 bits per heavy atom. The summed E-state index contributed by atoms with van der Waals surface area (Å²) in [6.07, 6.45) is 5.85. The summed E-state index contributed by atoms with van der Waals surface area (Å²) in [4.78, 5) is 25.8. The molecule has 2 rings (SSSR count). The van der Waals surface area contributed by atoms with Crippen molar-refractivity contribution in [3.8, 4) is 11.5 Å². The number of carbonyl (C=O) groups is 2. The molecule has 1 amide bonds. The van der Waals surface area contributed by atoms with Crippen LogP contribution in [0.5, 0.6) is 11.5 Å². The lowest BCUT2D eigenvalue weighted by molar-refractivity contribution is -0.149. The molecule has 2 aromatic carbocycles. The number of nitrogens with zero attached hydrogens (tertiary/aromatic N) is 1.